The van der Waals surface area contributed by atoms with E-state index < -0.39 is 0 Å². The Morgan fingerprint density at radius 2 is 1.33 bits per heavy atom. The Balaban J connectivity index is 1.32. The van der Waals surface area contributed by atoms with E-state index in [1.165, 1.54) is 5.56 Å². The Bertz CT molecular complexity index is 973. The molecule has 0 bridgehead atoms. The topological polar surface area (TPSA) is 35.6 Å². The zero-order valence-electron chi connectivity index (χ0n) is 19.3. The van der Waals surface area contributed by atoms with Crippen molar-refractivity contribution in [1.82, 2.24) is 15.1 Å². The molecule has 33 heavy (non-hydrogen) atoms. The molecule has 3 aromatic rings. The van der Waals surface area contributed by atoms with E-state index in [4.69, 9.17) is 0 Å². The van der Waals surface area contributed by atoms with Crippen LogP contribution in [0.4, 0.5) is 0 Å². The van der Waals surface area contributed by atoms with Gasteiger partial charge in [0.25, 0.3) is 0 Å². The van der Waals surface area contributed by atoms with Gasteiger partial charge in [-0.1, -0.05) is 103 Å². The molecular weight excluding hydrogens is 406 g/mol. The summed E-state index contributed by atoms with van der Waals surface area (Å²) in [6.45, 7) is 6.69. The first-order valence-corrected chi connectivity index (χ1v) is 11.8. The highest BCUT2D eigenvalue weighted by molar-refractivity contribution is 5.82. The molecule has 1 fully saturated rings. The third kappa shape index (κ3) is 6.41. The molecule has 0 radical (unpaired) electrons. The number of nitrogens with zero attached hydrogens (tertiary/aromatic N) is 2. The summed E-state index contributed by atoms with van der Waals surface area (Å²) in [4.78, 5) is 18.0. The molecule has 0 aliphatic carbocycles. The number of carbonyl (C=O) groups excluding carboxylic acids is 1. The number of hydrogen-bond donors (Lipinski definition) is 1. The van der Waals surface area contributed by atoms with Crippen LogP contribution in [0.15, 0.2) is 97.1 Å². The lowest BCUT2D eigenvalue weighted by Gasteiger charge is -2.37. The van der Waals surface area contributed by atoms with Crippen molar-refractivity contribution in [3.8, 4) is 0 Å². The van der Waals surface area contributed by atoms with E-state index in [-0.39, 0.29) is 18.0 Å². The highest BCUT2D eigenvalue weighted by atomic mass is 16.2. The summed E-state index contributed by atoms with van der Waals surface area (Å²) in [6.07, 6.45) is 4.40. The summed E-state index contributed by atoms with van der Waals surface area (Å²) >= 11 is 0. The van der Waals surface area contributed by atoms with E-state index in [9.17, 15) is 4.79 Å². The first-order valence-electron chi connectivity index (χ1n) is 11.8. The smallest absolute Gasteiger partial charge is 0.237 e. The normalized spacial score (nSPS) is 16.2. The van der Waals surface area contributed by atoms with Crippen molar-refractivity contribution in [2.75, 3.05) is 32.7 Å². The molecule has 1 saturated heterocycles. The van der Waals surface area contributed by atoms with Crippen LogP contribution in [0, 0.1) is 0 Å². The number of amides is 1. The fraction of sp³-hybridized carbons (Fsp3) is 0.276. The van der Waals surface area contributed by atoms with Crippen LogP contribution in [0.25, 0.3) is 6.08 Å². The Kier molecular flexibility index (Phi) is 8.07. The minimum atomic E-state index is -0.165. The molecule has 0 spiro atoms. The molecule has 3 aromatic carbocycles. The fourth-order valence-corrected chi connectivity index (χ4v) is 4.31. The third-order valence-corrected chi connectivity index (χ3v) is 6.36. The number of carbonyl (C=O) groups is 1. The molecular formula is C29H33N3O. The van der Waals surface area contributed by atoms with Crippen molar-refractivity contribution in [3.63, 3.8) is 0 Å². The summed E-state index contributed by atoms with van der Waals surface area (Å²) in [6, 6.07) is 30.5. The number of benzene rings is 3. The van der Waals surface area contributed by atoms with E-state index in [1.807, 2.05) is 49.4 Å². The van der Waals surface area contributed by atoms with Gasteiger partial charge in [-0.2, -0.15) is 0 Å². The second kappa shape index (κ2) is 11.6. The van der Waals surface area contributed by atoms with Crippen LogP contribution < -0.4 is 5.32 Å². The first-order chi connectivity index (χ1) is 16.2. The van der Waals surface area contributed by atoms with Crippen LogP contribution in [-0.4, -0.2) is 54.5 Å². The van der Waals surface area contributed by atoms with Gasteiger partial charge in [-0.3, -0.25) is 14.6 Å². The molecule has 1 atom stereocenters. The molecule has 170 valence electrons. The zero-order valence-corrected chi connectivity index (χ0v) is 19.3. The van der Waals surface area contributed by atoms with Crippen molar-refractivity contribution in [1.29, 1.82) is 0 Å². The van der Waals surface area contributed by atoms with Gasteiger partial charge in [0, 0.05) is 32.7 Å². The second-order valence-corrected chi connectivity index (χ2v) is 8.59. The van der Waals surface area contributed by atoms with Crippen molar-refractivity contribution in [3.05, 3.63) is 114 Å². The highest BCUT2D eigenvalue weighted by Crippen LogP contribution is 2.22. The van der Waals surface area contributed by atoms with Gasteiger partial charge in [-0.05, 0) is 23.6 Å². The molecule has 4 nitrogen and oxygen atoms in total. The Morgan fingerprint density at radius 3 is 1.88 bits per heavy atom. The summed E-state index contributed by atoms with van der Waals surface area (Å²) in [5.41, 5.74) is 3.42. The predicted octanol–water partition coefficient (Wildman–Crippen LogP) is 4.61. The minimum absolute atomic E-state index is 0.0742. The van der Waals surface area contributed by atoms with Crippen LogP contribution in [0.3, 0.4) is 0 Å². The van der Waals surface area contributed by atoms with Gasteiger partial charge < -0.3 is 5.32 Å². The number of hydrogen-bond acceptors (Lipinski definition) is 3. The minimum Gasteiger partial charge on any atom is -0.344 e. The lowest BCUT2D eigenvalue weighted by molar-refractivity contribution is -0.127. The van der Waals surface area contributed by atoms with Crippen LogP contribution in [0.5, 0.6) is 0 Å². The van der Waals surface area contributed by atoms with Gasteiger partial charge in [-0.15, -0.1) is 0 Å². The molecule has 0 saturated carbocycles. The first kappa shape index (κ1) is 23.0. The summed E-state index contributed by atoms with van der Waals surface area (Å²) in [5, 5.41) is 3.30. The molecule has 1 heterocycles. The van der Waals surface area contributed by atoms with E-state index in [1.54, 1.807) is 0 Å². The predicted molar refractivity (Wildman–Crippen MR) is 136 cm³/mol. The van der Waals surface area contributed by atoms with Gasteiger partial charge >= 0.3 is 0 Å². The Morgan fingerprint density at radius 1 is 0.818 bits per heavy atom. The number of rotatable bonds is 8. The maximum atomic E-state index is 13.2. The summed E-state index contributed by atoms with van der Waals surface area (Å²) in [5.74, 6) is 0.0742. The van der Waals surface area contributed by atoms with Crippen LogP contribution in [-0.2, 0) is 4.79 Å². The molecule has 1 amide bonds. The van der Waals surface area contributed by atoms with Crippen LogP contribution in [0.2, 0.25) is 0 Å². The second-order valence-electron chi connectivity index (χ2n) is 8.59. The number of nitrogens with one attached hydrogen (secondary N) is 1. The summed E-state index contributed by atoms with van der Waals surface area (Å²) < 4.78 is 0. The molecule has 1 aliphatic heterocycles. The average molecular weight is 440 g/mol. The van der Waals surface area contributed by atoms with E-state index in [0.29, 0.717) is 0 Å². The van der Waals surface area contributed by atoms with E-state index in [2.05, 4.69) is 75.8 Å². The summed E-state index contributed by atoms with van der Waals surface area (Å²) in [7, 11) is 0. The quantitative estimate of drug-likeness (QED) is 0.557. The van der Waals surface area contributed by atoms with Gasteiger partial charge in [0.1, 0.15) is 0 Å². The van der Waals surface area contributed by atoms with Crippen molar-refractivity contribution in [2.24, 2.45) is 0 Å². The van der Waals surface area contributed by atoms with Gasteiger partial charge in [0.05, 0.1) is 12.1 Å². The van der Waals surface area contributed by atoms with Crippen molar-refractivity contribution >= 4 is 12.0 Å². The van der Waals surface area contributed by atoms with Crippen molar-refractivity contribution in [2.45, 2.75) is 19.0 Å². The number of piperazine rings is 1. The Hall–Kier alpha value is -3.21. The monoisotopic (exact) mass is 439 g/mol. The molecule has 1 unspecified atom stereocenters. The average Bonchev–Trinajstić information content (AvgIpc) is 2.89. The third-order valence-electron chi connectivity index (χ3n) is 6.36. The van der Waals surface area contributed by atoms with Gasteiger partial charge in [-0.25, -0.2) is 0 Å². The van der Waals surface area contributed by atoms with Crippen molar-refractivity contribution < 1.29 is 4.79 Å². The molecule has 1 aliphatic rings. The van der Waals surface area contributed by atoms with E-state index >= 15 is 0 Å². The maximum Gasteiger partial charge on any atom is 0.237 e. The van der Waals surface area contributed by atoms with Crippen LogP contribution >= 0.6 is 0 Å². The van der Waals surface area contributed by atoms with Gasteiger partial charge in [0.2, 0.25) is 5.91 Å². The fourth-order valence-electron chi connectivity index (χ4n) is 4.31. The largest absolute Gasteiger partial charge is 0.344 e. The SMILES string of the molecule is CC(C(=O)NC(c1ccccc1)c1ccccc1)N1CCN(CC=Cc2ccccc2)CC1. The standard InChI is InChI=1S/C29H33N3O/c1-24(32-22-20-31(21-23-32)19-11-14-25-12-5-2-6-13-25)29(33)30-28(26-15-7-3-8-16-26)27-17-9-4-10-18-27/h2-18,24,28H,19-23H2,1H3,(H,30,33). The Labute approximate surface area is 197 Å². The van der Waals surface area contributed by atoms with E-state index in [0.717, 1.165) is 43.9 Å². The highest BCUT2D eigenvalue weighted by Gasteiger charge is 2.27. The van der Waals surface area contributed by atoms with Gasteiger partial charge in [0.15, 0.2) is 0 Å². The lowest BCUT2D eigenvalue weighted by Crippen LogP contribution is -2.54. The maximum absolute atomic E-state index is 13.2. The zero-order chi connectivity index (χ0) is 22.9. The molecule has 4 heteroatoms. The molecule has 0 aromatic heterocycles. The molecule has 4 rings (SSSR count). The van der Waals surface area contributed by atoms with Crippen LogP contribution in [0.1, 0.15) is 29.7 Å². The molecule has 1 N–H and O–H groups in total. The lowest BCUT2D eigenvalue weighted by atomic mass is 9.98.